The van der Waals surface area contributed by atoms with E-state index in [0.717, 1.165) is 0 Å². The quantitative estimate of drug-likeness (QED) is 0.575. The molecule has 0 bridgehead atoms. The number of aromatic nitrogens is 4. The van der Waals surface area contributed by atoms with Crippen LogP contribution in [0.25, 0.3) is 11.6 Å². The summed E-state index contributed by atoms with van der Waals surface area (Å²) in [5.41, 5.74) is 1.34. The number of halogens is 1. The van der Waals surface area contributed by atoms with Crippen molar-refractivity contribution in [3.05, 3.63) is 53.3 Å². The molecule has 0 N–H and O–H groups in total. The second kappa shape index (κ2) is 9.15. The van der Waals surface area contributed by atoms with Crippen LogP contribution in [-0.2, 0) is 9.63 Å². The van der Waals surface area contributed by atoms with Gasteiger partial charge in [-0.25, -0.2) is 19.4 Å². The van der Waals surface area contributed by atoms with E-state index in [4.69, 9.17) is 14.5 Å². The zero-order valence-electron chi connectivity index (χ0n) is 18.5. The molecule has 1 aromatic carbocycles. The largest absolute Gasteiger partial charge is 0.420 e. The first kappa shape index (κ1) is 21.9. The number of hydrogen-bond donors (Lipinski definition) is 0. The Labute approximate surface area is 194 Å². The third-order valence-corrected chi connectivity index (χ3v) is 6.07. The van der Waals surface area contributed by atoms with E-state index in [9.17, 15) is 9.18 Å². The lowest BCUT2D eigenvalue weighted by Crippen LogP contribution is -2.42. The van der Waals surface area contributed by atoms with Gasteiger partial charge in [-0.3, -0.25) is 9.63 Å². The summed E-state index contributed by atoms with van der Waals surface area (Å²) < 4.78 is 19.4. The van der Waals surface area contributed by atoms with E-state index in [1.54, 1.807) is 25.3 Å². The molecule has 0 saturated carbocycles. The van der Waals surface area contributed by atoms with Crippen LogP contribution in [0, 0.1) is 30.0 Å². The predicted molar refractivity (Wildman–Crippen MR) is 116 cm³/mol. The molecule has 2 aliphatic heterocycles. The van der Waals surface area contributed by atoms with Crippen molar-refractivity contribution in [3.63, 3.8) is 0 Å². The van der Waals surface area contributed by atoms with Crippen LogP contribution in [0.5, 0.6) is 0 Å². The first-order chi connectivity index (χ1) is 16.5. The van der Waals surface area contributed by atoms with Gasteiger partial charge in [0, 0.05) is 38.5 Å². The van der Waals surface area contributed by atoms with Crippen LogP contribution in [-0.4, -0.2) is 50.8 Å². The van der Waals surface area contributed by atoms with Gasteiger partial charge in [-0.05, 0) is 42.7 Å². The van der Waals surface area contributed by atoms with Gasteiger partial charge >= 0.3 is 0 Å². The molecule has 1 unspecified atom stereocenters. The molecule has 0 radical (unpaired) electrons. The van der Waals surface area contributed by atoms with Gasteiger partial charge in [-0.1, -0.05) is 0 Å². The third kappa shape index (κ3) is 4.32. The summed E-state index contributed by atoms with van der Waals surface area (Å²) in [5, 5.41) is 18.4. The first-order valence-corrected chi connectivity index (χ1v) is 11.1. The highest BCUT2D eigenvalue weighted by atomic mass is 19.1. The number of nitriles is 1. The second-order valence-corrected chi connectivity index (χ2v) is 8.32. The van der Waals surface area contributed by atoms with Crippen molar-refractivity contribution in [2.24, 2.45) is 5.92 Å². The van der Waals surface area contributed by atoms with Gasteiger partial charge in [0.2, 0.25) is 17.7 Å². The minimum absolute atomic E-state index is 0.124. The molecule has 0 aliphatic carbocycles. The number of rotatable bonds is 4. The monoisotopic (exact) mass is 463 g/mol. The maximum absolute atomic E-state index is 14.0. The van der Waals surface area contributed by atoms with Gasteiger partial charge in [-0.2, -0.15) is 5.26 Å². The fourth-order valence-corrected chi connectivity index (χ4v) is 4.38. The number of amides is 1. The smallest absolute Gasteiger partial charge is 0.266 e. The van der Waals surface area contributed by atoms with Gasteiger partial charge in [0.1, 0.15) is 11.5 Å². The molecular formula is C23H22FN7O3. The Morgan fingerprint density at radius 2 is 2.03 bits per heavy atom. The Kier molecular flexibility index (Phi) is 5.90. The van der Waals surface area contributed by atoms with Crippen molar-refractivity contribution in [1.29, 1.82) is 5.26 Å². The number of hydroxylamine groups is 2. The van der Waals surface area contributed by atoms with Crippen LogP contribution < -0.4 is 4.90 Å². The molecule has 0 spiro atoms. The number of benzene rings is 1. The van der Waals surface area contributed by atoms with Crippen LogP contribution >= 0.6 is 0 Å². The number of anilines is 1. The summed E-state index contributed by atoms with van der Waals surface area (Å²) in [4.78, 5) is 29.8. The second-order valence-electron chi connectivity index (χ2n) is 8.32. The molecule has 2 aromatic heterocycles. The normalized spacial score (nSPS) is 18.8. The van der Waals surface area contributed by atoms with Gasteiger partial charge in [0.25, 0.3) is 5.89 Å². The average molecular weight is 463 g/mol. The Balaban J connectivity index is 1.26. The van der Waals surface area contributed by atoms with Crippen LogP contribution in [0.15, 0.2) is 34.9 Å². The molecule has 3 aromatic rings. The molecular weight excluding hydrogens is 441 g/mol. The minimum Gasteiger partial charge on any atom is -0.420 e. The van der Waals surface area contributed by atoms with Crippen molar-refractivity contribution >= 4 is 11.9 Å². The molecule has 34 heavy (non-hydrogen) atoms. The minimum atomic E-state index is -0.500. The van der Waals surface area contributed by atoms with Gasteiger partial charge in [-0.15, -0.1) is 10.2 Å². The lowest BCUT2D eigenvalue weighted by molar-refractivity contribution is -0.182. The molecule has 1 atom stereocenters. The number of carbonyl (C=O) groups is 1. The lowest BCUT2D eigenvalue weighted by Gasteiger charge is -2.34. The van der Waals surface area contributed by atoms with E-state index >= 15 is 0 Å². The van der Waals surface area contributed by atoms with Gasteiger partial charge in [0.15, 0.2) is 0 Å². The van der Waals surface area contributed by atoms with Crippen molar-refractivity contribution in [2.75, 3.05) is 24.6 Å². The van der Waals surface area contributed by atoms with Crippen LogP contribution in [0.1, 0.15) is 42.3 Å². The number of aryl methyl sites for hydroxylation is 1. The number of nitrogens with zero attached hydrogens (tertiary/aromatic N) is 7. The molecule has 5 rings (SSSR count). The van der Waals surface area contributed by atoms with Crippen molar-refractivity contribution in [3.8, 4) is 17.7 Å². The molecule has 1 amide bonds. The Morgan fingerprint density at radius 1 is 1.21 bits per heavy atom. The van der Waals surface area contributed by atoms with E-state index in [1.807, 2.05) is 11.0 Å². The van der Waals surface area contributed by atoms with E-state index in [0.29, 0.717) is 67.9 Å². The van der Waals surface area contributed by atoms with Gasteiger partial charge < -0.3 is 9.32 Å². The molecule has 11 heteroatoms. The summed E-state index contributed by atoms with van der Waals surface area (Å²) in [6, 6.07) is 7.41. The summed E-state index contributed by atoms with van der Waals surface area (Å²) >= 11 is 0. The summed E-state index contributed by atoms with van der Waals surface area (Å²) in [6.45, 7) is 3.27. The fourth-order valence-electron chi connectivity index (χ4n) is 4.38. The van der Waals surface area contributed by atoms with E-state index in [-0.39, 0.29) is 17.4 Å². The zero-order chi connectivity index (χ0) is 23.7. The van der Waals surface area contributed by atoms with Crippen molar-refractivity contribution in [2.45, 2.75) is 32.2 Å². The average Bonchev–Trinajstić information content (AvgIpc) is 3.53. The Morgan fingerprint density at radius 3 is 2.76 bits per heavy atom. The molecule has 174 valence electrons. The van der Waals surface area contributed by atoms with E-state index in [1.165, 1.54) is 17.2 Å². The fraction of sp³-hybridized carbons (Fsp3) is 0.391. The molecule has 4 heterocycles. The van der Waals surface area contributed by atoms with E-state index in [2.05, 4.69) is 20.2 Å². The zero-order valence-corrected chi connectivity index (χ0v) is 18.5. The maximum Gasteiger partial charge on any atom is 0.266 e. The first-order valence-electron chi connectivity index (χ1n) is 11.1. The predicted octanol–water partition coefficient (Wildman–Crippen LogP) is 2.97. The maximum atomic E-state index is 14.0. The highest BCUT2D eigenvalue weighted by Crippen LogP contribution is 2.34. The molecule has 2 fully saturated rings. The lowest BCUT2D eigenvalue weighted by atomic mass is 9.94. The van der Waals surface area contributed by atoms with Crippen LogP contribution in [0.3, 0.4) is 0 Å². The summed E-state index contributed by atoms with van der Waals surface area (Å²) in [5.74, 6) is 0.473. The third-order valence-electron chi connectivity index (χ3n) is 6.07. The highest BCUT2D eigenvalue weighted by molar-refractivity contribution is 5.79. The number of hydrogen-bond acceptors (Lipinski definition) is 9. The van der Waals surface area contributed by atoms with Gasteiger partial charge in [0.05, 0.1) is 24.3 Å². The van der Waals surface area contributed by atoms with Crippen LogP contribution in [0.4, 0.5) is 10.3 Å². The standard InChI is InChI=1S/C23H22FN7O3/c1-14-28-29-21(34-14)19-2-6-26-23(27-19)30-7-3-16(4-8-30)22(32)31-20(5-9-33-31)17-10-15(13-25)11-18(24)12-17/h2,6,10-12,16,20H,3-5,7-9H2,1H3. The summed E-state index contributed by atoms with van der Waals surface area (Å²) in [7, 11) is 0. The van der Waals surface area contributed by atoms with Crippen molar-refractivity contribution < 1.29 is 18.4 Å². The SMILES string of the molecule is Cc1nnc(-c2ccnc(N3CCC(C(=O)N4OCCC4c4cc(F)cc(C#N)c4)CC3)n2)o1. The molecule has 2 aliphatic rings. The van der Waals surface area contributed by atoms with E-state index < -0.39 is 11.9 Å². The number of piperidine rings is 1. The number of carbonyl (C=O) groups excluding carboxylic acids is 1. The van der Waals surface area contributed by atoms with Crippen molar-refractivity contribution in [1.82, 2.24) is 25.2 Å². The summed E-state index contributed by atoms with van der Waals surface area (Å²) in [6.07, 6.45) is 3.40. The van der Waals surface area contributed by atoms with Crippen LogP contribution in [0.2, 0.25) is 0 Å². The Bertz CT molecular complexity index is 1250. The topological polar surface area (TPSA) is 121 Å². The Hall–Kier alpha value is -3.91. The molecule has 2 saturated heterocycles. The molecule has 10 nitrogen and oxygen atoms in total. The highest BCUT2D eigenvalue weighted by Gasteiger charge is 2.37.